The van der Waals surface area contributed by atoms with Gasteiger partial charge < -0.3 is 9.15 Å². The zero-order valence-electron chi connectivity index (χ0n) is 20.9. The highest BCUT2D eigenvalue weighted by Gasteiger charge is 2.43. The Morgan fingerprint density at radius 1 is 0.857 bits per heavy atom. The number of benzene rings is 3. The normalized spacial score (nSPS) is 19.2. The number of hydrogen-bond acceptors (Lipinski definition) is 3. The lowest BCUT2D eigenvalue weighted by Gasteiger charge is -2.32. The highest BCUT2D eigenvalue weighted by Crippen LogP contribution is 2.50. The van der Waals surface area contributed by atoms with Crippen molar-refractivity contribution in [2.24, 2.45) is 4.99 Å². The Labute approximate surface area is 208 Å². The van der Waals surface area contributed by atoms with E-state index in [0.717, 1.165) is 46.9 Å². The first-order valence-corrected chi connectivity index (χ1v) is 12.4. The van der Waals surface area contributed by atoms with Crippen LogP contribution in [-0.2, 0) is 17.7 Å². The molecule has 4 nitrogen and oxygen atoms in total. The quantitative estimate of drug-likeness (QED) is 0.261. The van der Waals surface area contributed by atoms with Gasteiger partial charge in [0.25, 0.3) is 0 Å². The van der Waals surface area contributed by atoms with Gasteiger partial charge in [0.15, 0.2) is 12.6 Å². The maximum Gasteiger partial charge on any atom is 0.311 e. The van der Waals surface area contributed by atoms with Gasteiger partial charge in [-0.25, -0.2) is 9.48 Å². The number of ether oxygens (including phenoxy) is 1. The zero-order chi connectivity index (χ0) is 24.4. The fourth-order valence-electron chi connectivity index (χ4n) is 4.80. The van der Waals surface area contributed by atoms with E-state index in [0.29, 0.717) is 4.48 Å². The van der Waals surface area contributed by atoms with E-state index in [4.69, 9.17) is 14.1 Å². The minimum atomic E-state index is -0.422. The Morgan fingerprint density at radius 2 is 1.51 bits per heavy atom. The number of rotatable bonds is 7. The molecule has 0 aliphatic carbocycles. The molecule has 2 atom stereocenters. The SMILES string of the molecule is CCc1ccc(-c2c(-c3ccccc3)oc3c2C(OC(C)C)N=C[N+]3(C)Cc2ccccc2)cc1. The van der Waals surface area contributed by atoms with E-state index >= 15 is 0 Å². The first-order valence-electron chi connectivity index (χ1n) is 12.4. The summed E-state index contributed by atoms with van der Waals surface area (Å²) in [5.41, 5.74) is 6.78. The Balaban J connectivity index is 1.75. The minimum Gasteiger partial charge on any atom is -0.411 e. The Kier molecular flexibility index (Phi) is 6.42. The van der Waals surface area contributed by atoms with E-state index in [1.54, 1.807) is 0 Å². The van der Waals surface area contributed by atoms with Gasteiger partial charge >= 0.3 is 5.88 Å². The number of furan rings is 1. The van der Waals surface area contributed by atoms with Crippen LogP contribution in [0.1, 0.15) is 43.7 Å². The smallest absolute Gasteiger partial charge is 0.311 e. The molecule has 0 saturated carbocycles. The number of hydrogen-bond donors (Lipinski definition) is 0. The van der Waals surface area contributed by atoms with Crippen molar-refractivity contribution in [2.75, 3.05) is 7.05 Å². The molecule has 0 spiro atoms. The van der Waals surface area contributed by atoms with Crippen molar-refractivity contribution in [2.45, 2.75) is 46.1 Å². The van der Waals surface area contributed by atoms with E-state index in [-0.39, 0.29) is 6.10 Å². The standard InChI is InChI=1S/C31H33N2O2/c1-5-23-16-18-25(19-17-23)27-28-30(34-22(2)3)32-21-33(4,20-24-12-8-6-9-13-24)31(28)35-29(27)26-14-10-7-11-15-26/h6-19,21-22,30H,5,20H2,1-4H3/q+1. The third-order valence-electron chi connectivity index (χ3n) is 6.54. The summed E-state index contributed by atoms with van der Waals surface area (Å²) in [6.07, 6.45) is 2.59. The highest BCUT2D eigenvalue weighted by molar-refractivity contribution is 5.89. The van der Waals surface area contributed by atoms with E-state index in [9.17, 15) is 0 Å². The molecule has 0 saturated heterocycles. The molecule has 2 unspecified atom stereocenters. The highest BCUT2D eigenvalue weighted by atomic mass is 16.5. The number of quaternary nitrogens is 1. The predicted molar refractivity (Wildman–Crippen MR) is 144 cm³/mol. The van der Waals surface area contributed by atoms with Gasteiger partial charge in [-0.1, -0.05) is 91.9 Å². The number of aliphatic imine (C=N–C) groups is 1. The van der Waals surface area contributed by atoms with Crippen LogP contribution in [0.2, 0.25) is 0 Å². The molecule has 4 heteroatoms. The van der Waals surface area contributed by atoms with Gasteiger partial charge in [0.05, 0.1) is 13.2 Å². The molecule has 3 aromatic carbocycles. The van der Waals surface area contributed by atoms with E-state index in [1.165, 1.54) is 11.1 Å². The maximum absolute atomic E-state index is 6.83. The van der Waals surface area contributed by atoms with Gasteiger partial charge in [-0.05, 0) is 31.4 Å². The molecular formula is C31H33N2O2+. The molecular weight excluding hydrogens is 432 g/mol. The molecule has 2 heterocycles. The van der Waals surface area contributed by atoms with Crippen LogP contribution < -0.4 is 4.48 Å². The van der Waals surface area contributed by atoms with E-state index in [1.807, 2.05) is 18.5 Å². The summed E-state index contributed by atoms with van der Waals surface area (Å²) in [5.74, 6) is 1.74. The van der Waals surface area contributed by atoms with Crippen LogP contribution in [-0.4, -0.2) is 19.5 Å². The third-order valence-corrected chi connectivity index (χ3v) is 6.54. The van der Waals surface area contributed by atoms with Gasteiger partial charge in [0.2, 0.25) is 0 Å². The molecule has 4 aromatic rings. The second-order valence-electron chi connectivity index (χ2n) is 9.65. The van der Waals surface area contributed by atoms with Crippen LogP contribution in [0.25, 0.3) is 22.5 Å². The molecule has 1 aromatic heterocycles. The van der Waals surface area contributed by atoms with Crippen LogP contribution in [0, 0.1) is 0 Å². The second kappa shape index (κ2) is 9.65. The molecule has 0 amide bonds. The zero-order valence-corrected chi connectivity index (χ0v) is 20.9. The molecule has 0 N–H and O–H groups in total. The monoisotopic (exact) mass is 465 g/mol. The lowest BCUT2D eigenvalue weighted by molar-refractivity contribution is 0.00933. The summed E-state index contributed by atoms with van der Waals surface area (Å²) in [5, 5.41) is 0. The Hall–Kier alpha value is -3.47. The van der Waals surface area contributed by atoms with Crippen LogP contribution in [0.15, 0.2) is 94.3 Å². The Bertz CT molecular complexity index is 1310. The third kappa shape index (κ3) is 4.60. The lowest BCUT2D eigenvalue weighted by Crippen LogP contribution is -2.45. The first-order chi connectivity index (χ1) is 17.0. The van der Waals surface area contributed by atoms with Crippen LogP contribution in [0.3, 0.4) is 0 Å². The molecule has 0 fully saturated rings. The number of aryl methyl sites for hydroxylation is 1. The molecule has 178 valence electrons. The number of fused-ring (bicyclic) bond motifs is 1. The summed E-state index contributed by atoms with van der Waals surface area (Å²) >= 11 is 0. The van der Waals surface area contributed by atoms with Crippen LogP contribution in [0.4, 0.5) is 5.88 Å². The second-order valence-corrected chi connectivity index (χ2v) is 9.65. The maximum atomic E-state index is 6.83. The fraction of sp³-hybridized carbons (Fsp3) is 0.258. The molecule has 0 radical (unpaired) electrons. The van der Waals surface area contributed by atoms with Crippen molar-refractivity contribution in [3.05, 3.63) is 102 Å². The van der Waals surface area contributed by atoms with E-state index in [2.05, 4.69) is 101 Å². The van der Waals surface area contributed by atoms with Gasteiger partial charge in [0, 0.05) is 16.7 Å². The van der Waals surface area contributed by atoms with E-state index < -0.39 is 6.23 Å². The average Bonchev–Trinajstić information content (AvgIpc) is 3.29. The molecule has 0 bridgehead atoms. The molecule has 1 aliphatic rings. The van der Waals surface area contributed by atoms with Crippen molar-refractivity contribution < 1.29 is 9.15 Å². The molecule has 5 rings (SSSR count). The van der Waals surface area contributed by atoms with Crippen molar-refractivity contribution >= 4 is 12.2 Å². The van der Waals surface area contributed by atoms with Gasteiger partial charge in [-0.2, -0.15) is 0 Å². The summed E-state index contributed by atoms with van der Waals surface area (Å²) in [7, 11) is 2.16. The minimum absolute atomic E-state index is 0.0290. The fourth-order valence-corrected chi connectivity index (χ4v) is 4.80. The van der Waals surface area contributed by atoms with Crippen molar-refractivity contribution in [3.63, 3.8) is 0 Å². The molecule has 1 aliphatic heterocycles. The molecule has 35 heavy (non-hydrogen) atoms. The van der Waals surface area contributed by atoms with Gasteiger partial charge in [-0.15, -0.1) is 0 Å². The van der Waals surface area contributed by atoms with Crippen molar-refractivity contribution in [1.29, 1.82) is 0 Å². The summed E-state index contributed by atoms with van der Waals surface area (Å²) in [6, 6.07) is 29.6. The number of nitrogens with zero attached hydrogens (tertiary/aromatic N) is 2. The van der Waals surface area contributed by atoms with Crippen LogP contribution in [0.5, 0.6) is 0 Å². The summed E-state index contributed by atoms with van der Waals surface area (Å²) < 4.78 is 13.6. The van der Waals surface area contributed by atoms with Crippen molar-refractivity contribution in [3.8, 4) is 22.5 Å². The van der Waals surface area contributed by atoms with Crippen molar-refractivity contribution in [1.82, 2.24) is 4.48 Å². The summed E-state index contributed by atoms with van der Waals surface area (Å²) in [4.78, 5) is 4.95. The average molecular weight is 466 g/mol. The van der Waals surface area contributed by atoms with Gasteiger partial charge in [0.1, 0.15) is 17.9 Å². The van der Waals surface area contributed by atoms with Crippen LogP contribution >= 0.6 is 0 Å². The first kappa shape index (κ1) is 23.3. The predicted octanol–water partition coefficient (Wildman–Crippen LogP) is 7.78. The van der Waals surface area contributed by atoms with Gasteiger partial charge in [-0.3, -0.25) is 0 Å². The summed E-state index contributed by atoms with van der Waals surface area (Å²) in [6.45, 7) is 7.02. The topological polar surface area (TPSA) is 34.7 Å². The Morgan fingerprint density at radius 3 is 2.14 bits per heavy atom. The largest absolute Gasteiger partial charge is 0.411 e. The lowest BCUT2D eigenvalue weighted by atomic mass is 9.95.